The largest absolute Gasteiger partial charge is 0.511 e. The van der Waals surface area contributed by atoms with Crippen LogP contribution in [0.25, 0.3) is 0 Å². The number of nitrogens with zero attached hydrogens (tertiary/aromatic N) is 3. The molecule has 1 aliphatic rings. The summed E-state index contributed by atoms with van der Waals surface area (Å²) in [7, 11) is -2.48. The van der Waals surface area contributed by atoms with Gasteiger partial charge in [0.25, 0.3) is 0 Å². The van der Waals surface area contributed by atoms with Gasteiger partial charge >= 0.3 is 21.7 Å². The van der Waals surface area contributed by atoms with Crippen molar-refractivity contribution >= 4 is 16.0 Å². The summed E-state index contributed by atoms with van der Waals surface area (Å²) in [6, 6.07) is -0.265. The average molecular weight is 441 g/mol. The molecule has 166 valence electrons. The minimum absolute atomic E-state index is 0.171. The molecule has 1 rings (SSSR count). The molecule has 0 aromatic heterocycles. The molecule has 1 fully saturated rings. The molecule has 0 amide bonds. The van der Waals surface area contributed by atoms with Crippen LogP contribution in [0.1, 0.15) is 19.3 Å². The molecule has 2 N–H and O–H groups in total. The molecule has 1 heterocycles. The summed E-state index contributed by atoms with van der Waals surface area (Å²) in [6.45, 7) is -0.961. The number of sulfonamides is 1. The normalized spacial score (nSPS) is 18.5. The topological polar surface area (TPSA) is 77.0 Å². The van der Waals surface area contributed by atoms with E-state index in [1.807, 2.05) is 0 Å². The molecule has 14 heteroatoms. The highest BCUT2D eigenvalue weighted by molar-refractivity contribution is 7.90. The highest BCUT2D eigenvalue weighted by Gasteiger charge is 2.50. The van der Waals surface area contributed by atoms with Gasteiger partial charge in [-0.2, -0.15) is 30.6 Å². The van der Waals surface area contributed by atoms with E-state index in [1.54, 1.807) is 0 Å². The molecule has 0 saturated carbocycles. The van der Waals surface area contributed by atoms with Gasteiger partial charge in [0, 0.05) is 32.7 Å². The van der Waals surface area contributed by atoms with Crippen LogP contribution in [-0.2, 0) is 10.0 Å². The predicted octanol–water partition coefficient (Wildman–Crippen LogP) is 1.35. The van der Waals surface area contributed by atoms with Crippen molar-refractivity contribution in [2.75, 3.05) is 46.8 Å². The fraction of sp³-hybridized carbons (Fsp3) is 0.929. The van der Waals surface area contributed by atoms with Crippen molar-refractivity contribution in [2.45, 2.75) is 37.0 Å². The SMILES string of the molecule is CN=C(NCCCN(C)CC(F)(F)F)NC1CCN(S(=O)(=O)C(F)(F)F)CC1. The second-order valence-electron chi connectivity index (χ2n) is 6.47. The summed E-state index contributed by atoms with van der Waals surface area (Å²) in [5.74, 6) is 0.357. The number of piperidine rings is 1. The van der Waals surface area contributed by atoms with Gasteiger partial charge in [0.2, 0.25) is 0 Å². The van der Waals surface area contributed by atoms with Gasteiger partial charge in [0.15, 0.2) is 5.96 Å². The zero-order valence-corrected chi connectivity index (χ0v) is 16.4. The Labute approximate surface area is 160 Å². The smallest absolute Gasteiger partial charge is 0.356 e. The lowest BCUT2D eigenvalue weighted by molar-refractivity contribution is -0.143. The van der Waals surface area contributed by atoms with E-state index in [2.05, 4.69) is 15.6 Å². The quantitative estimate of drug-likeness (QED) is 0.270. The van der Waals surface area contributed by atoms with Gasteiger partial charge in [-0.25, -0.2) is 8.42 Å². The van der Waals surface area contributed by atoms with E-state index in [9.17, 15) is 34.8 Å². The third-order valence-corrected chi connectivity index (χ3v) is 5.74. The number of halogens is 6. The summed E-state index contributed by atoms with van der Waals surface area (Å²) in [5.41, 5.74) is -5.32. The molecule has 0 spiro atoms. The minimum atomic E-state index is -5.32. The van der Waals surface area contributed by atoms with Gasteiger partial charge < -0.3 is 10.6 Å². The molecule has 0 atom stereocenters. The van der Waals surface area contributed by atoms with Gasteiger partial charge in [-0.1, -0.05) is 0 Å². The van der Waals surface area contributed by atoms with Crippen molar-refractivity contribution in [1.29, 1.82) is 0 Å². The van der Waals surface area contributed by atoms with Crippen molar-refractivity contribution in [3.05, 3.63) is 0 Å². The minimum Gasteiger partial charge on any atom is -0.356 e. The highest BCUT2D eigenvalue weighted by atomic mass is 32.2. The zero-order chi connectivity index (χ0) is 21.6. The van der Waals surface area contributed by atoms with E-state index >= 15 is 0 Å². The Morgan fingerprint density at radius 2 is 1.75 bits per heavy atom. The number of aliphatic imine (C=N–C) groups is 1. The molecular weight excluding hydrogens is 416 g/mol. The van der Waals surface area contributed by atoms with Gasteiger partial charge in [-0.05, 0) is 32.9 Å². The molecule has 1 aliphatic heterocycles. The number of alkyl halides is 6. The second kappa shape index (κ2) is 9.96. The van der Waals surface area contributed by atoms with Gasteiger partial charge in [-0.15, -0.1) is 0 Å². The highest BCUT2D eigenvalue weighted by Crippen LogP contribution is 2.28. The summed E-state index contributed by atoms with van der Waals surface area (Å²) >= 11 is 0. The first kappa shape index (κ1) is 24.8. The molecule has 1 saturated heterocycles. The Bertz CT molecular complexity index is 615. The standard InChI is InChI=1S/C14H25F6N5O2S/c1-21-12(22-6-3-7-24(2)10-13(15,16)17)23-11-4-8-25(9-5-11)28(26,27)14(18,19)20/h11H,3-10H2,1-2H3,(H2,21,22,23). The summed E-state index contributed by atoms with van der Waals surface area (Å²) < 4.78 is 97.6. The van der Waals surface area contributed by atoms with Crippen LogP contribution in [-0.4, -0.2) is 88.1 Å². The van der Waals surface area contributed by atoms with Crippen LogP contribution in [0.3, 0.4) is 0 Å². The van der Waals surface area contributed by atoms with Gasteiger partial charge in [-0.3, -0.25) is 9.89 Å². The van der Waals surface area contributed by atoms with Gasteiger partial charge in [0.05, 0.1) is 6.54 Å². The summed E-state index contributed by atoms with van der Waals surface area (Å²) in [6.07, 6.45) is -3.49. The maximum absolute atomic E-state index is 12.6. The third-order valence-electron chi connectivity index (χ3n) is 4.11. The van der Waals surface area contributed by atoms with Crippen molar-refractivity contribution in [2.24, 2.45) is 4.99 Å². The number of rotatable bonds is 7. The predicted molar refractivity (Wildman–Crippen MR) is 92.2 cm³/mol. The van der Waals surface area contributed by atoms with E-state index in [-0.39, 0.29) is 38.5 Å². The van der Waals surface area contributed by atoms with Crippen molar-refractivity contribution < 1.29 is 34.8 Å². The molecule has 28 heavy (non-hydrogen) atoms. The first-order valence-electron chi connectivity index (χ1n) is 8.55. The maximum Gasteiger partial charge on any atom is 0.511 e. The van der Waals surface area contributed by atoms with E-state index in [1.165, 1.54) is 14.1 Å². The molecule has 0 bridgehead atoms. The third kappa shape index (κ3) is 7.99. The van der Waals surface area contributed by atoms with Crippen molar-refractivity contribution in [3.63, 3.8) is 0 Å². The van der Waals surface area contributed by atoms with Crippen LogP contribution >= 0.6 is 0 Å². The number of hydrogen-bond donors (Lipinski definition) is 2. The Kier molecular flexibility index (Phi) is 8.81. The molecule has 7 nitrogen and oxygen atoms in total. The van der Waals surface area contributed by atoms with Crippen molar-refractivity contribution in [1.82, 2.24) is 19.8 Å². The Morgan fingerprint density at radius 3 is 2.21 bits per heavy atom. The van der Waals surface area contributed by atoms with E-state index < -0.39 is 28.3 Å². The molecular formula is C14H25F6N5O2S. The van der Waals surface area contributed by atoms with Crippen LogP contribution in [0.2, 0.25) is 0 Å². The summed E-state index contributed by atoms with van der Waals surface area (Å²) in [5, 5.41) is 5.91. The van der Waals surface area contributed by atoms with Crippen LogP contribution in [0.4, 0.5) is 26.3 Å². The monoisotopic (exact) mass is 441 g/mol. The van der Waals surface area contributed by atoms with Crippen LogP contribution in [0.15, 0.2) is 4.99 Å². The van der Waals surface area contributed by atoms with E-state index in [4.69, 9.17) is 0 Å². The van der Waals surface area contributed by atoms with Gasteiger partial charge in [0.1, 0.15) is 0 Å². The van der Waals surface area contributed by atoms with Crippen LogP contribution in [0, 0.1) is 0 Å². The number of hydrogen-bond acceptors (Lipinski definition) is 4. The van der Waals surface area contributed by atoms with Crippen LogP contribution in [0.5, 0.6) is 0 Å². The van der Waals surface area contributed by atoms with E-state index in [0.717, 1.165) is 4.90 Å². The first-order chi connectivity index (χ1) is 12.8. The molecule has 0 aromatic rings. The molecule has 0 aliphatic carbocycles. The maximum atomic E-state index is 12.6. The molecule has 0 aromatic carbocycles. The lowest BCUT2D eigenvalue weighted by Gasteiger charge is -2.32. The summed E-state index contributed by atoms with van der Waals surface area (Å²) in [4.78, 5) is 5.10. The average Bonchev–Trinajstić information content (AvgIpc) is 2.55. The molecule has 0 unspecified atom stereocenters. The first-order valence-corrected chi connectivity index (χ1v) is 9.99. The Balaban J connectivity index is 2.36. The van der Waals surface area contributed by atoms with Crippen LogP contribution < -0.4 is 10.6 Å². The fourth-order valence-corrected chi connectivity index (χ4v) is 3.70. The lowest BCUT2D eigenvalue weighted by Crippen LogP contribution is -2.51. The van der Waals surface area contributed by atoms with E-state index in [0.29, 0.717) is 23.2 Å². The number of nitrogens with one attached hydrogen (secondary N) is 2. The van der Waals surface area contributed by atoms with Crippen molar-refractivity contribution in [3.8, 4) is 0 Å². The zero-order valence-electron chi connectivity index (χ0n) is 15.6. The number of guanidine groups is 1. The Morgan fingerprint density at radius 1 is 1.18 bits per heavy atom. The molecule has 0 radical (unpaired) electrons. The lowest BCUT2D eigenvalue weighted by atomic mass is 10.1. The second-order valence-corrected chi connectivity index (χ2v) is 8.40. The Hall–Kier alpha value is -1.28. The fourth-order valence-electron chi connectivity index (χ4n) is 2.72.